The van der Waals surface area contributed by atoms with Crippen LogP contribution in [0, 0.1) is 0 Å². The Morgan fingerprint density at radius 3 is 2.27 bits per heavy atom. The van der Waals surface area contributed by atoms with E-state index in [0.717, 1.165) is 12.1 Å². The van der Waals surface area contributed by atoms with E-state index in [2.05, 4.69) is 11.9 Å². The van der Waals surface area contributed by atoms with Gasteiger partial charge in [0.2, 0.25) is 0 Å². The minimum atomic E-state index is 0.114. The average molecular weight is 157 g/mol. The summed E-state index contributed by atoms with van der Waals surface area (Å²) < 4.78 is 0. The third-order valence-electron chi connectivity index (χ3n) is 0.869. The van der Waals surface area contributed by atoms with Crippen molar-refractivity contribution in [2.24, 2.45) is 0 Å². The van der Waals surface area contributed by atoms with Gasteiger partial charge in [0.1, 0.15) is 5.76 Å². The van der Waals surface area contributed by atoms with Crippen molar-refractivity contribution in [3.63, 3.8) is 0 Å². The maximum atomic E-state index is 8.65. The molecule has 0 unspecified atom stereocenters. The molecule has 0 aliphatic carbocycles. The molecule has 0 rings (SSSR count). The Balaban J connectivity index is 0. The van der Waals surface area contributed by atoms with Gasteiger partial charge in [0.05, 0.1) is 0 Å². The van der Waals surface area contributed by atoms with Crippen LogP contribution in [0.15, 0.2) is 24.0 Å². The molecule has 0 radical (unpaired) electrons. The van der Waals surface area contributed by atoms with E-state index >= 15 is 0 Å². The van der Waals surface area contributed by atoms with Crippen molar-refractivity contribution >= 4 is 0 Å². The number of hydrogen-bond acceptors (Lipinski definition) is 2. The first-order valence-corrected chi connectivity index (χ1v) is 3.86. The van der Waals surface area contributed by atoms with Gasteiger partial charge in [-0.1, -0.05) is 26.0 Å². The Bertz CT molecular complexity index is 128. The highest BCUT2D eigenvalue weighted by atomic mass is 16.3. The predicted octanol–water partition coefficient (Wildman–Crippen LogP) is 2.25. The zero-order valence-corrected chi connectivity index (χ0v) is 7.94. The maximum absolute atomic E-state index is 8.65. The minimum absolute atomic E-state index is 0.114. The Morgan fingerprint density at radius 2 is 2.00 bits per heavy atom. The van der Waals surface area contributed by atoms with Crippen molar-refractivity contribution in [2.45, 2.75) is 20.8 Å². The lowest BCUT2D eigenvalue weighted by molar-refractivity contribution is 0.434. The summed E-state index contributed by atoms with van der Waals surface area (Å²) in [5, 5.41) is 11.6. The van der Waals surface area contributed by atoms with Gasteiger partial charge in [-0.15, -0.1) is 0 Å². The highest BCUT2D eigenvalue weighted by Gasteiger charge is 1.85. The van der Waals surface area contributed by atoms with Crippen LogP contribution in [0.25, 0.3) is 0 Å². The fraction of sp³-hybridized carbons (Fsp3) is 0.556. The van der Waals surface area contributed by atoms with Crippen molar-refractivity contribution < 1.29 is 5.11 Å². The summed E-state index contributed by atoms with van der Waals surface area (Å²) >= 11 is 0. The molecule has 0 spiro atoms. The van der Waals surface area contributed by atoms with Crippen molar-refractivity contribution in [3.05, 3.63) is 24.0 Å². The lowest BCUT2D eigenvalue weighted by atomic mass is 10.3. The van der Waals surface area contributed by atoms with Gasteiger partial charge in [0.15, 0.2) is 0 Å². The van der Waals surface area contributed by atoms with Crippen LogP contribution in [0.3, 0.4) is 0 Å². The second-order valence-electron chi connectivity index (χ2n) is 2.01. The van der Waals surface area contributed by atoms with Crippen LogP contribution in [0.2, 0.25) is 0 Å². The first-order valence-electron chi connectivity index (χ1n) is 3.86. The quantitative estimate of drug-likeness (QED) is 0.486. The first kappa shape index (κ1) is 12.9. The summed E-state index contributed by atoms with van der Waals surface area (Å²) in [6.45, 7) is 10.0. The summed E-state index contributed by atoms with van der Waals surface area (Å²) in [5.41, 5.74) is 1.07. The molecule has 0 aromatic carbocycles. The van der Waals surface area contributed by atoms with E-state index in [0.29, 0.717) is 0 Å². The summed E-state index contributed by atoms with van der Waals surface area (Å²) in [5.74, 6) is 0.114. The molecule has 0 saturated heterocycles. The molecule has 2 N–H and O–H groups in total. The topological polar surface area (TPSA) is 32.3 Å². The number of likely N-dealkylation sites (N-methyl/N-ethyl adjacent to an activating group) is 1. The van der Waals surface area contributed by atoms with E-state index in [1.807, 2.05) is 27.8 Å². The smallest absolute Gasteiger partial charge is 0.108 e. The van der Waals surface area contributed by atoms with Crippen LogP contribution in [0.1, 0.15) is 20.8 Å². The molecule has 0 fully saturated rings. The molecular formula is C9H19NO. The summed E-state index contributed by atoms with van der Waals surface area (Å²) in [7, 11) is 1.86. The Hall–Kier alpha value is -0.760. The maximum Gasteiger partial charge on any atom is 0.108 e. The van der Waals surface area contributed by atoms with E-state index in [4.69, 9.17) is 5.11 Å². The molecule has 0 amide bonds. The Morgan fingerprint density at radius 1 is 1.55 bits per heavy atom. The van der Waals surface area contributed by atoms with Crippen molar-refractivity contribution in [1.29, 1.82) is 0 Å². The van der Waals surface area contributed by atoms with E-state index < -0.39 is 0 Å². The second kappa shape index (κ2) is 9.24. The number of nitrogens with one attached hydrogen (secondary N) is 1. The third-order valence-corrected chi connectivity index (χ3v) is 0.869. The standard InChI is InChI=1S/C7H13NO.C2H6/c1-6(5-8-3)4-7(2)9;1-2/h4,8-9H,2,5H2,1,3H3;1-2H3/b6-4-;. The highest BCUT2D eigenvalue weighted by Crippen LogP contribution is 1.93. The first-order chi connectivity index (χ1) is 5.16. The molecule has 0 atom stereocenters. The molecule has 66 valence electrons. The molecule has 2 heteroatoms. The van der Waals surface area contributed by atoms with Crippen molar-refractivity contribution in [1.82, 2.24) is 5.32 Å². The van der Waals surface area contributed by atoms with Gasteiger partial charge in [-0.25, -0.2) is 0 Å². The molecule has 0 heterocycles. The van der Waals surface area contributed by atoms with E-state index in [1.165, 1.54) is 0 Å². The lowest BCUT2D eigenvalue weighted by Crippen LogP contribution is -2.08. The van der Waals surface area contributed by atoms with E-state index in [1.54, 1.807) is 6.08 Å². The molecule has 0 aromatic heterocycles. The van der Waals surface area contributed by atoms with Gasteiger partial charge in [-0.05, 0) is 20.0 Å². The van der Waals surface area contributed by atoms with Crippen LogP contribution in [-0.4, -0.2) is 18.7 Å². The van der Waals surface area contributed by atoms with Gasteiger partial charge in [-0.3, -0.25) is 0 Å². The van der Waals surface area contributed by atoms with Crippen LogP contribution >= 0.6 is 0 Å². The Labute approximate surface area is 69.6 Å². The monoisotopic (exact) mass is 157 g/mol. The SMILES string of the molecule is C=C(O)/C=C(/C)CNC.CC. The molecule has 11 heavy (non-hydrogen) atoms. The summed E-state index contributed by atoms with van der Waals surface area (Å²) in [6, 6.07) is 0. The van der Waals surface area contributed by atoms with E-state index in [-0.39, 0.29) is 5.76 Å². The highest BCUT2D eigenvalue weighted by molar-refractivity contribution is 5.13. The molecule has 0 aromatic rings. The zero-order valence-electron chi connectivity index (χ0n) is 7.94. The predicted molar refractivity (Wildman–Crippen MR) is 50.8 cm³/mol. The van der Waals surface area contributed by atoms with Gasteiger partial charge in [0, 0.05) is 6.54 Å². The second-order valence-corrected chi connectivity index (χ2v) is 2.01. The normalized spacial score (nSPS) is 10.0. The molecule has 2 nitrogen and oxygen atoms in total. The lowest BCUT2D eigenvalue weighted by Gasteiger charge is -1.96. The third kappa shape index (κ3) is 12.4. The van der Waals surface area contributed by atoms with Crippen molar-refractivity contribution in [3.8, 4) is 0 Å². The molecule has 0 bridgehead atoms. The van der Waals surface area contributed by atoms with Crippen LogP contribution < -0.4 is 5.32 Å². The van der Waals surface area contributed by atoms with Crippen LogP contribution in [0.4, 0.5) is 0 Å². The summed E-state index contributed by atoms with van der Waals surface area (Å²) in [4.78, 5) is 0. The van der Waals surface area contributed by atoms with Gasteiger partial charge >= 0.3 is 0 Å². The fourth-order valence-corrected chi connectivity index (χ4v) is 0.614. The number of rotatable bonds is 3. The average Bonchev–Trinajstić information content (AvgIpc) is 1.91. The van der Waals surface area contributed by atoms with Crippen molar-refractivity contribution in [2.75, 3.05) is 13.6 Å². The Kier molecular flexibility index (Phi) is 10.8. The number of allylic oxidation sites excluding steroid dienone is 1. The van der Waals surface area contributed by atoms with Gasteiger partial charge < -0.3 is 10.4 Å². The zero-order chi connectivity index (χ0) is 9.28. The molecule has 0 aliphatic rings. The van der Waals surface area contributed by atoms with Gasteiger partial charge in [0.25, 0.3) is 0 Å². The molecule has 0 saturated carbocycles. The number of aliphatic hydroxyl groups is 1. The minimum Gasteiger partial charge on any atom is -0.509 e. The number of hydrogen-bond donors (Lipinski definition) is 2. The molecular weight excluding hydrogens is 138 g/mol. The van der Waals surface area contributed by atoms with Crippen LogP contribution in [0.5, 0.6) is 0 Å². The van der Waals surface area contributed by atoms with E-state index in [9.17, 15) is 0 Å². The van der Waals surface area contributed by atoms with Crippen LogP contribution in [-0.2, 0) is 0 Å². The number of aliphatic hydroxyl groups excluding tert-OH is 1. The molecule has 0 aliphatic heterocycles. The fourth-order valence-electron chi connectivity index (χ4n) is 0.614. The summed E-state index contributed by atoms with van der Waals surface area (Å²) in [6.07, 6.45) is 1.64. The largest absolute Gasteiger partial charge is 0.509 e. The van der Waals surface area contributed by atoms with Gasteiger partial charge in [-0.2, -0.15) is 0 Å².